The molecule has 1 aliphatic heterocycles. The lowest BCUT2D eigenvalue weighted by molar-refractivity contribution is -0.151. The lowest BCUT2D eigenvalue weighted by atomic mass is 9.79. The second-order valence-corrected chi connectivity index (χ2v) is 8.90. The molecule has 2 aliphatic rings. The summed E-state index contributed by atoms with van der Waals surface area (Å²) in [5, 5.41) is 0.703. The third kappa shape index (κ3) is 5.19. The summed E-state index contributed by atoms with van der Waals surface area (Å²) >= 11 is 6.04. The molecule has 0 bridgehead atoms. The monoisotopic (exact) mass is 447 g/mol. The molecule has 2 aromatic carbocycles. The molecule has 1 heterocycles. The molecule has 0 N–H and O–H groups in total. The third-order valence-electron chi connectivity index (χ3n) is 6.74. The number of hydrogen-bond donors (Lipinski definition) is 0. The van der Waals surface area contributed by atoms with Gasteiger partial charge in [0, 0.05) is 11.6 Å². The normalized spacial score (nSPS) is 19.2. The molecule has 1 aliphatic carbocycles. The van der Waals surface area contributed by atoms with Crippen molar-refractivity contribution in [2.75, 3.05) is 26.2 Å². The van der Waals surface area contributed by atoms with Crippen LogP contribution in [0.25, 0.3) is 0 Å². The topological polar surface area (TPSA) is 29.5 Å². The smallest absolute Gasteiger partial charge is 0.316 e. The molecule has 1 saturated heterocycles. The van der Waals surface area contributed by atoms with E-state index in [1.165, 1.54) is 18.4 Å². The van der Waals surface area contributed by atoms with Crippen molar-refractivity contribution in [1.29, 1.82) is 0 Å². The third-order valence-corrected chi connectivity index (χ3v) is 7.00. The number of hydrogen-bond acceptors (Lipinski definition) is 3. The van der Waals surface area contributed by atoms with Gasteiger partial charge < -0.3 is 4.74 Å². The lowest BCUT2D eigenvalue weighted by Gasteiger charge is -2.32. The summed E-state index contributed by atoms with van der Waals surface area (Å²) in [5.74, 6) is 0.596. The van der Waals surface area contributed by atoms with Crippen LogP contribution in [-0.2, 0) is 14.9 Å². The van der Waals surface area contributed by atoms with Crippen molar-refractivity contribution in [2.24, 2.45) is 0 Å². The summed E-state index contributed by atoms with van der Waals surface area (Å²) in [7, 11) is 0. The van der Waals surface area contributed by atoms with Gasteiger partial charge in [0.1, 0.15) is 6.61 Å². The van der Waals surface area contributed by atoms with Gasteiger partial charge in [-0.05, 0) is 68.0 Å². The van der Waals surface area contributed by atoms with Gasteiger partial charge in [-0.3, -0.25) is 9.69 Å². The fourth-order valence-electron chi connectivity index (χ4n) is 4.98. The first-order valence-electron chi connectivity index (χ1n) is 10.9. The van der Waals surface area contributed by atoms with Gasteiger partial charge in [-0.25, -0.2) is 0 Å². The predicted molar refractivity (Wildman–Crippen MR) is 125 cm³/mol. The van der Waals surface area contributed by atoms with Crippen molar-refractivity contribution < 1.29 is 9.53 Å². The van der Waals surface area contributed by atoms with Crippen LogP contribution in [0, 0.1) is 0 Å². The SMILES string of the molecule is Cl.O=C(OCCN1CCC(c2ccccc2)CC1)C1(c2ccc(Cl)cc2)CCCC1. The lowest BCUT2D eigenvalue weighted by Crippen LogP contribution is -2.39. The fraction of sp³-hybridized carbons (Fsp3) is 0.480. The van der Waals surface area contributed by atoms with Crippen LogP contribution in [0.4, 0.5) is 0 Å². The molecule has 0 unspecified atom stereocenters. The van der Waals surface area contributed by atoms with Crippen LogP contribution in [0.2, 0.25) is 5.02 Å². The molecule has 162 valence electrons. The maximum atomic E-state index is 13.1. The minimum atomic E-state index is -0.481. The highest BCUT2D eigenvalue weighted by molar-refractivity contribution is 6.30. The van der Waals surface area contributed by atoms with Crippen LogP contribution in [0.5, 0.6) is 0 Å². The average Bonchev–Trinajstić information content (AvgIpc) is 3.26. The Bertz CT molecular complexity index is 796. The number of likely N-dealkylation sites (tertiary alicyclic amines) is 1. The van der Waals surface area contributed by atoms with E-state index in [9.17, 15) is 4.79 Å². The molecule has 0 aromatic heterocycles. The summed E-state index contributed by atoms with van der Waals surface area (Å²) in [4.78, 5) is 15.5. The van der Waals surface area contributed by atoms with Crippen LogP contribution in [0.15, 0.2) is 54.6 Å². The molecular weight excluding hydrogens is 417 g/mol. The van der Waals surface area contributed by atoms with Gasteiger partial charge >= 0.3 is 5.97 Å². The first-order chi connectivity index (χ1) is 14.2. The van der Waals surface area contributed by atoms with Gasteiger partial charge in [-0.15, -0.1) is 12.4 Å². The van der Waals surface area contributed by atoms with E-state index < -0.39 is 5.41 Å². The first kappa shape index (κ1) is 23.1. The van der Waals surface area contributed by atoms with Gasteiger partial charge in [-0.1, -0.05) is 66.9 Å². The highest BCUT2D eigenvalue weighted by Gasteiger charge is 2.44. The Labute approximate surface area is 191 Å². The van der Waals surface area contributed by atoms with E-state index in [-0.39, 0.29) is 18.4 Å². The number of carbonyl (C=O) groups is 1. The largest absolute Gasteiger partial charge is 0.464 e. The molecule has 2 aromatic rings. The van der Waals surface area contributed by atoms with Gasteiger partial charge in [-0.2, -0.15) is 0 Å². The van der Waals surface area contributed by atoms with E-state index >= 15 is 0 Å². The fourth-order valence-corrected chi connectivity index (χ4v) is 5.10. The zero-order valence-corrected chi connectivity index (χ0v) is 19.0. The molecule has 0 radical (unpaired) electrons. The van der Waals surface area contributed by atoms with Crippen LogP contribution < -0.4 is 0 Å². The highest BCUT2D eigenvalue weighted by atomic mass is 35.5. The van der Waals surface area contributed by atoms with E-state index in [0.29, 0.717) is 17.5 Å². The molecule has 3 nitrogen and oxygen atoms in total. The van der Waals surface area contributed by atoms with Crippen molar-refractivity contribution in [2.45, 2.75) is 49.9 Å². The maximum Gasteiger partial charge on any atom is 0.316 e. The van der Waals surface area contributed by atoms with Gasteiger partial charge in [0.15, 0.2) is 0 Å². The van der Waals surface area contributed by atoms with Crippen molar-refractivity contribution >= 4 is 30.0 Å². The summed E-state index contributed by atoms with van der Waals surface area (Å²) < 4.78 is 5.81. The van der Waals surface area contributed by atoms with E-state index in [1.54, 1.807) is 0 Å². The Morgan fingerprint density at radius 1 is 1.00 bits per heavy atom. The molecule has 0 atom stereocenters. The molecule has 0 amide bonds. The Morgan fingerprint density at radius 3 is 2.27 bits per heavy atom. The van der Waals surface area contributed by atoms with E-state index in [4.69, 9.17) is 16.3 Å². The standard InChI is InChI=1S/C25H30ClNO2.ClH/c26-23-10-8-22(9-11-23)25(14-4-5-15-25)24(28)29-19-18-27-16-12-21(13-17-27)20-6-2-1-3-7-20;/h1-3,6-11,21H,4-5,12-19H2;1H. The minimum absolute atomic E-state index is 0. The summed E-state index contributed by atoms with van der Waals surface area (Å²) in [6.07, 6.45) is 6.24. The van der Waals surface area contributed by atoms with E-state index in [0.717, 1.165) is 50.9 Å². The highest BCUT2D eigenvalue weighted by Crippen LogP contribution is 2.42. The molecule has 0 spiro atoms. The molecule has 2 fully saturated rings. The Morgan fingerprint density at radius 2 is 1.63 bits per heavy atom. The number of benzene rings is 2. The molecule has 30 heavy (non-hydrogen) atoms. The van der Waals surface area contributed by atoms with Gasteiger partial charge in [0.2, 0.25) is 0 Å². The van der Waals surface area contributed by atoms with Gasteiger partial charge in [0.05, 0.1) is 5.41 Å². The average molecular weight is 448 g/mol. The maximum absolute atomic E-state index is 13.1. The number of nitrogens with zero attached hydrogens (tertiary/aromatic N) is 1. The number of halogens is 2. The zero-order valence-electron chi connectivity index (χ0n) is 17.4. The van der Waals surface area contributed by atoms with Crippen molar-refractivity contribution in [1.82, 2.24) is 4.90 Å². The summed E-state index contributed by atoms with van der Waals surface area (Å²) in [5.41, 5.74) is 2.02. The summed E-state index contributed by atoms with van der Waals surface area (Å²) in [6, 6.07) is 18.5. The number of ether oxygens (including phenoxy) is 1. The van der Waals surface area contributed by atoms with Crippen LogP contribution in [0.1, 0.15) is 55.6 Å². The first-order valence-corrected chi connectivity index (χ1v) is 11.3. The molecule has 1 saturated carbocycles. The summed E-state index contributed by atoms with van der Waals surface area (Å²) in [6.45, 7) is 3.44. The van der Waals surface area contributed by atoms with E-state index in [1.807, 2.05) is 24.3 Å². The Kier molecular flexibility index (Phi) is 8.21. The molecular formula is C25H31Cl2NO2. The van der Waals surface area contributed by atoms with Crippen LogP contribution in [0.3, 0.4) is 0 Å². The minimum Gasteiger partial charge on any atom is -0.464 e. The number of esters is 1. The Balaban J connectivity index is 0.00000256. The predicted octanol–water partition coefficient (Wildman–Crippen LogP) is 6.00. The molecule has 5 heteroatoms. The number of piperidine rings is 1. The quantitative estimate of drug-likeness (QED) is 0.508. The molecule has 4 rings (SSSR count). The van der Waals surface area contributed by atoms with Crippen LogP contribution in [-0.4, -0.2) is 37.1 Å². The second kappa shape index (κ2) is 10.7. The van der Waals surface area contributed by atoms with Gasteiger partial charge in [0.25, 0.3) is 0 Å². The van der Waals surface area contributed by atoms with Crippen molar-refractivity contribution in [3.63, 3.8) is 0 Å². The Hall–Kier alpha value is -1.55. The van der Waals surface area contributed by atoms with Crippen molar-refractivity contribution in [3.05, 3.63) is 70.7 Å². The number of carbonyl (C=O) groups excluding carboxylic acids is 1. The van der Waals surface area contributed by atoms with E-state index in [2.05, 4.69) is 35.2 Å². The van der Waals surface area contributed by atoms with Crippen molar-refractivity contribution in [3.8, 4) is 0 Å². The second-order valence-electron chi connectivity index (χ2n) is 8.46. The zero-order chi connectivity index (χ0) is 20.1. The number of rotatable bonds is 6. The van der Waals surface area contributed by atoms with Crippen LogP contribution >= 0.6 is 24.0 Å².